The molecule has 172 valence electrons. The molecule has 2 aliphatic rings. The molecule has 6 nitrogen and oxygen atoms in total. The topological polar surface area (TPSA) is 58.4 Å². The van der Waals surface area contributed by atoms with Crippen molar-refractivity contribution in [3.8, 4) is 11.3 Å². The summed E-state index contributed by atoms with van der Waals surface area (Å²) in [6.07, 6.45) is 6.52. The summed E-state index contributed by atoms with van der Waals surface area (Å²) in [5.74, 6) is 0.473. The predicted molar refractivity (Wildman–Crippen MR) is 127 cm³/mol. The number of benzene rings is 1. The summed E-state index contributed by atoms with van der Waals surface area (Å²) in [6.45, 7) is 6.64. The molecule has 1 fully saturated rings. The molecule has 2 aromatic rings. The van der Waals surface area contributed by atoms with Crippen LogP contribution >= 0.6 is 11.6 Å². The van der Waals surface area contributed by atoms with Gasteiger partial charge in [0, 0.05) is 30.2 Å². The van der Waals surface area contributed by atoms with Crippen LogP contribution in [0.15, 0.2) is 30.3 Å². The minimum Gasteiger partial charge on any atom is -0.341 e. The van der Waals surface area contributed by atoms with Crippen LogP contribution in [0.2, 0.25) is 5.02 Å². The molecule has 0 spiro atoms. The van der Waals surface area contributed by atoms with E-state index in [1.807, 2.05) is 39.9 Å². The Hall–Kier alpha value is -2.34. The maximum absolute atomic E-state index is 13.3. The third-order valence-electron chi connectivity index (χ3n) is 6.64. The summed E-state index contributed by atoms with van der Waals surface area (Å²) in [4.78, 5) is 30.0. The molecule has 2 aliphatic heterocycles. The lowest BCUT2D eigenvalue weighted by molar-refractivity contribution is -0.133. The Labute approximate surface area is 195 Å². The van der Waals surface area contributed by atoms with Gasteiger partial charge < -0.3 is 9.80 Å². The minimum absolute atomic E-state index is 0.0584. The largest absolute Gasteiger partial charge is 0.341 e. The van der Waals surface area contributed by atoms with Crippen LogP contribution in [0.1, 0.15) is 68.9 Å². The van der Waals surface area contributed by atoms with E-state index in [2.05, 4.69) is 13.8 Å². The van der Waals surface area contributed by atoms with Gasteiger partial charge in [-0.15, -0.1) is 0 Å². The van der Waals surface area contributed by atoms with E-state index in [9.17, 15) is 9.59 Å². The van der Waals surface area contributed by atoms with E-state index in [1.54, 1.807) is 4.90 Å². The summed E-state index contributed by atoms with van der Waals surface area (Å²) in [7, 11) is 0. The van der Waals surface area contributed by atoms with E-state index < -0.39 is 0 Å². The maximum atomic E-state index is 13.3. The normalized spacial score (nSPS) is 21.0. The van der Waals surface area contributed by atoms with Gasteiger partial charge in [0.25, 0.3) is 5.91 Å². The Balaban J connectivity index is 1.57. The van der Waals surface area contributed by atoms with E-state index in [-0.39, 0.29) is 24.4 Å². The Morgan fingerprint density at radius 2 is 1.97 bits per heavy atom. The molecule has 2 atom stereocenters. The van der Waals surface area contributed by atoms with Crippen LogP contribution in [-0.4, -0.2) is 57.6 Å². The summed E-state index contributed by atoms with van der Waals surface area (Å²) >= 11 is 6.04. The smallest absolute Gasteiger partial charge is 0.272 e. The number of hydrogen-bond acceptors (Lipinski definition) is 3. The van der Waals surface area contributed by atoms with Gasteiger partial charge in [-0.1, -0.05) is 56.8 Å². The SMILES string of the molecule is CCCCCC1CN(CC(=O)N2CCCC(C)C2)C(=O)c2cc(-c3ccc(Cl)cc3)nn21. The number of halogens is 1. The second-order valence-corrected chi connectivity index (χ2v) is 9.73. The molecule has 32 heavy (non-hydrogen) atoms. The number of carbonyl (C=O) groups excluding carboxylic acids is 2. The summed E-state index contributed by atoms with van der Waals surface area (Å²) < 4.78 is 1.89. The summed E-state index contributed by atoms with van der Waals surface area (Å²) in [6, 6.07) is 9.46. The number of aromatic nitrogens is 2. The number of amides is 2. The highest BCUT2D eigenvalue weighted by atomic mass is 35.5. The van der Waals surface area contributed by atoms with Gasteiger partial charge in [0.1, 0.15) is 12.2 Å². The van der Waals surface area contributed by atoms with Crippen molar-refractivity contribution in [1.82, 2.24) is 19.6 Å². The van der Waals surface area contributed by atoms with Crippen LogP contribution in [0.25, 0.3) is 11.3 Å². The molecule has 0 N–H and O–H groups in total. The van der Waals surface area contributed by atoms with Gasteiger partial charge in [-0.25, -0.2) is 0 Å². The Morgan fingerprint density at radius 3 is 2.69 bits per heavy atom. The number of likely N-dealkylation sites (tertiary alicyclic amines) is 1. The molecule has 1 aromatic heterocycles. The molecule has 1 aromatic carbocycles. The van der Waals surface area contributed by atoms with Crippen molar-refractivity contribution in [3.63, 3.8) is 0 Å². The average Bonchev–Trinajstić information content (AvgIpc) is 3.23. The molecule has 2 unspecified atom stereocenters. The Morgan fingerprint density at radius 1 is 1.19 bits per heavy atom. The highest BCUT2D eigenvalue weighted by Crippen LogP contribution is 2.30. The van der Waals surface area contributed by atoms with Crippen LogP contribution in [0, 0.1) is 5.92 Å². The summed E-state index contributed by atoms with van der Waals surface area (Å²) in [5.41, 5.74) is 2.27. The molecule has 1 saturated heterocycles. The van der Waals surface area contributed by atoms with E-state index in [0.717, 1.165) is 56.5 Å². The quantitative estimate of drug-likeness (QED) is 0.548. The molecule has 2 amide bonds. The minimum atomic E-state index is -0.108. The average molecular weight is 457 g/mol. The molecule has 0 bridgehead atoms. The van der Waals surface area contributed by atoms with Gasteiger partial charge in [0.15, 0.2) is 0 Å². The fourth-order valence-corrected chi connectivity index (χ4v) is 4.96. The first-order valence-corrected chi connectivity index (χ1v) is 12.3. The molecular formula is C25H33ClN4O2. The van der Waals surface area contributed by atoms with Crippen molar-refractivity contribution in [2.75, 3.05) is 26.2 Å². The first-order chi connectivity index (χ1) is 15.5. The lowest BCUT2D eigenvalue weighted by atomic mass is 10.00. The van der Waals surface area contributed by atoms with Crippen LogP contribution in [-0.2, 0) is 4.79 Å². The van der Waals surface area contributed by atoms with Crippen molar-refractivity contribution >= 4 is 23.4 Å². The standard InChI is InChI=1S/C25H33ClN4O2/c1-3-4-5-8-21-16-29(17-24(31)28-13-6-7-18(2)15-28)25(32)23-14-22(27-30(21)23)19-9-11-20(26)12-10-19/h9-12,14,18,21H,3-8,13,15-17H2,1-2H3. The molecule has 0 aliphatic carbocycles. The second kappa shape index (κ2) is 10.1. The zero-order valence-electron chi connectivity index (χ0n) is 19.1. The number of nitrogens with zero attached hydrogens (tertiary/aromatic N) is 4. The number of fused-ring (bicyclic) bond motifs is 1. The van der Waals surface area contributed by atoms with Crippen LogP contribution < -0.4 is 0 Å². The van der Waals surface area contributed by atoms with Gasteiger partial charge in [-0.2, -0.15) is 5.10 Å². The number of piperidine rings is 1. The first kappa shape index (κ1) is 22.8. The van der Waals surface area contributed by atoms with Crippen molar-refractivity contribution in [2.24, 2.45) is 5.92 Å². The van der Waals surface area contributed by atoms with E-state index in [0.29, 0.717) is 23.2 Å². The molecule has 3 heterocycles. The molecule has 7 heteroatoms. The first-order valence-electron chi connectivity index (χ1n) is 11.9. The molecule has 0 saturated carbocycles. The maximum Gasteiger partial charge on any atom is 0.272 e. The van der Waals surface area contributed by atoms with Crippen molar-refractivity contribution in [2.45, 2.75) is 58.4 Å². The monoisotopic (exact) mass is 456 g/mol. The Bertz CT molecular complexity index is 955. The van der Waals surface area contributed by atoms with Crippen molar-refractivity contribution in [3.05, 3.63) is 41.0 Å². The third kappa shape index (κ3) is 5.01. The van der Waals surface area contributed by atoms with Gasteiger partial charge in [-0.3, -0.25) is 14.3 Å². The lowest BCUT2D eigenvalue weighted by Crippen LogP contribution is -2.50. The zero-order valence-corrected chi connectivity index (χ0v) is 19.9. The third-order valence-corrected chi connectivity index (χ3v) is 6.89. The number of unbranched alkanes of at least 4 members (excludes halogenated alkanes) is 2. The predicted octanol–water partition coefficient (Wildman–Crippen LogP) is 5.04. The lowest BCUT2D eigenvalue weighted by Gasteiger charge is -2.36. The van der Waals surface area contributed by atoms with Gasteiger partial charge in [0.2, 0.25) is 5.91 Å². The number of hydrogen-bond donors (Lipinski definition) is 0. The molecule has 4 rings (SSSR count). The van der Waals surface area contributed by atoms with Crippen molar-refractivity contribution < 1.29 is 9.59 Å². The highest BCUT2D eigenvalue weighted by molar-refractivity contribution is 6.30. The molecule has 0 radical (unpaired) electrons. The van der Waals surface area contributed by atoms with Crippen molar-refractivity contribution in [1.29, 1.82) is 0 Å². The van der Waals surface area contributed by atoms with Gasteiger partial charge in [0.05, 0.1) is 11.7 Å². The zero-order chi connectivity index (χ0) is 22.7. The highest BCUT2D eigenvalue weighted by Gasteiger charge is 2.35. The number of carbonyl (C=O) groups is 2. The van der Waals surface area contributed by atoms with E-state index >= 15 is 0 Å². The second-order valence-electron chi connectivity index (χ2n) is 9.29. The Kier molecular flexibility index (Phi) is 7.19. The van der Waals surface area contributed by atoms with Gasteiger partial charge >= 0.3 is 0 Å². The fourth-order valence-electron chi connectivity index (χ4n) is 4.83. The number of rotatable bonds is 7. The van der Waals surface area contributed by atoms with Crippen LogP contribution in [0.4, 0.5) is 0 Å². The molecular weight excluding hydrogens is 424 g/mol. The van der Waals surface area contributed by atoms with E-state index in [1.165, 1.54) is 6.42 Å². The van der Waals surface area contributed by atoms with Gasteiger partial charge in [-0.05, 0) is 43.4 Å². The fraction of sp³-hybridized carbons (Fsp3) is 0.560. The van der Waals surface area contributed by atoms with Crippen LogP contribution in [0.3, 0.4) is 0 Å². The van der Waals surface area contributed by atoms with Crippen LogP contribution in [0.5, 0.6) is 0 Å². The summed E-state index contributed by atoms with van der Waals surface area (Å²) in [5, 5.41) is 5.47. The van der Waals surface area contributed by atoms with E-state index in [4.69, 9.17) is 16.7 Å².